The molecule has 1 aliphatic heterocycles. The number of carbonyl (C=O) groups excluding carboxylic acids is 1. The maximum absolute atomic E-state index is 11.4. The van der Waals surface area contributed by atoms with E-state index in [1.54, 1.807) is 18.7 Å². The summed E-state index contributed by atoms with van der Waals surface area (Å²) in [5.41, 5.74) is 1.77. The van der Waals surface area contributed by atoms with Crippen LogP contribution in [0.3, 0.4) is 0 Å². The van der Waals surface area contributed by atoms with Gasteiger partial charge in [-0.3, -0.25) is 9.79 Å². The van der Waals surface area contributed by atoms with Gasteiger partial charge in [-0.2, -0.15) is 0 Å². The SMILES string of the molecule is CCC1N=C(SC)NC(C)=C1C(C)=O.I. The first-order chi connectivity index (χ1) is 6.60. The first-order valence-corrected chi connectivity index (χ1v) is 5.93. The molecule has 86 valence electrons. The van der Waals surface area contributed by atoms with Crippen molar-refractivity contribution in [1.29, 1.82) is 0 Å². The number of nitrogens with zero attached hydrogens (tertiary/aromatic N) is 1. The van der Waals surface area contributed by atoms with Crippen LogP contribution in [0.2, 0.25) is 0 Å². The van der Waals surface area contributed by atoms with Gasteiger partial charge in [-0.15, -0.1) is 24.0 Å². The molecule has 0 aromatic rings. The smallest absolute Gasteiger partial charge is 0.161 e. The van der Waals surface area contributed by atoms with E-state index in [0.717, 1.165) is 22.9 Å². The van der Waals surface area contributed by atoms with Gasteiger partial charge in [-0.1, -0.05) is 18.7 Å². The van der Waals surface area contributed by atoms with Gasteiger partial charge in [0.25, 0.3) is 0 Å². The molecule has 0 saturated carbocycles. The van der Waals surface area contributed by atoms with Gasteiger partial charge >= 0.3 is 0 Å². The Morgan fingerprint density at radius 2 is 2.20 bits per heavy atom. The first kappa shape index (κ1) is 15.0. The summed E-state index contributed by atoms with van der Waals surface area (Å²) in [7, 11) is 0. The van der Waals surface area contributed by atoms with Crippen LogP contribution in [0.15, 0.2) is 16.3 Å². The number of ketones is 1. The molecule has 0 spiro atoms. The molecule has 0 amide bonds. The van der Waals surface area contributed by atoms with E-state index in [4.69, 9.17) is 0 Å². The number of halogens is 1. The summed E-state index contributed by atoms with van der Waals surface area (Å²) in [6, 6.07) is 0.0381. The molecule has 0 aromatic heterocycles. The summed E-state index contributed by atoms with van der Waals surface area (Å²) in [5.74, 6) is 0.116. The molecule has 0 aliphatic carbocycles. The Bertz CT molecular complexity index is 313. The van der Waals surface area contributed by atoms with Gasteiger partial charge in [0.2, 0.25) is 0 Å². The Labute approximate surface area is 112 Å². The number of aliphatic imine (C=N–C) groups is 1. The number of nitrogens with one attached hydrogen (secondary N) is 1. The van der Waals surface area contributed by atoms with Crippen molar-refractivity contribution >= 4 is 46.7 Å². The zero-order valence-electron chi connectivity index (χ0n) is 9.46. The lowest BCUT2D eigenvalue weighted by molar-refractivity contribution is -0.113. The summed E-state index contributed by atoms with van der Waals surface area (Å²) in [4.78, 5) is 15.9. The highest BCUT2D eigenvalue weighted by molar-refractivity contribution is 14.0. The Balaban J connectivity index is 0.00000196. The second-order valence-electron chi connectivity index (χ2n) is 3.28. The fourth-order valence-electron chi connectivity index (χ4n) is 1.61. The first-order valence-electron chi connectivity index (χ1n) is 4.70. The highest BCUT2D eigenvalue weighted by Crippen LogP contribution is 2.21. The third-order valence-electron chi connectivity index (χ3n) is 2.26. The third-order valence-corrected chi connectivity index (χ3v) is 2.86. The summed E-state index contributed by atoms with van der Waals surface area (Å²) in [6.45, 7) is 5.58. The minimum Gasteiger partial charge on any atom is -0.338 e. The van der Waals surface area contributed by atoms with Crippen molar-refractivity contribution in [3.8, 4) is 0 Å². The number of allylic oxidation sites excluding steroid dienone is 1. The van der Waals surface area contributed by atoms with Crippen LogP contribution in [0.1, 0.15) is 27.2 Å². The monoisotopic (exact) mass is 340 g/mol. The van der Waals surface area contributed by atoms with E-state index in [1.807, 2.05) is 20.1 Å². The third kappa shape index (κ3) is 3.48. The summed E-state index contributed by atoms with van der Waals surface area (Å²) in [6.07, 6.45) is 2.85. The molecule has 1 aliphatic rings. The van der Waals surface area contributed by atoms with E-state index in [0.29, 0.717) is 0 Å². The Morgan fingerprint density at radius 3 is 2.60 bits per heavy atom. The Kier molecular flexibility index (Phi) is 6.51. The quantitative estimate of drug-likeness (QED) is 0.786. The van der Waals surface area contributed by atoms with Crippen LogP contribution in [-0.2, 0) is 4.79 Å². The predicted octanol–water partition coefficient (Wildman–Crippen LogP) is 2.57. The molecule has 1 heterocycles. The Hall–Kier alpha value is -0.0400. The van der Waals surface area contributed by atoms with Crippen molar-refractivity contribution in [3.05, 3.63) is 11.3 Å². The van der Waals surface area contributed by atoms with Crippen LogP contribution in [0.5, 0.6) is 0 Å². The maximum Gasteiger partial charge on any atom is 0.161 e. The van der Waals surface area contributed by atoms with E-state index in [-0.39, 0.29) is 35.8 Å². The lowest BCUT2D eigenvalue weighted by atomic mass is 9.99. The van der Waals surface area contributed by atoms with Crippen molar-refractivity contribution in [2.45, 2.75) is 33.2 Å². The lowest BCUT2D eigenvalue weighted by Crippen LogP contribution is -2.32. The zero-order valence-corrected chi connectivity index (χ0v) is 12.6. The van der Waals surface area contributed by atoms with Crippen molar-refractivity contribution < 1.29 is 4.79 Å². The number of amidine groups is 1. The van der Waals surface area contributed by atoms with E-state index >= 15 is 0 Å². The number of hydrogen-bond acceptors (Lipinski definition) is 4. The highest BCUT2D eigenvalue weighted by Gasteiger charge is 2.23. The summed E-state index contributed by atoms with van der Waals surface area (Å²) >= 11 is 1.58. The number of Topliss-reactive ketones (excluding diaryl/α,β-unsaturated/α-hetero) is 1. The summed E-state index contributed by atoms with van der Waals surface area (Å²) in [5, 5.41) is 4.04. The van der Waals surface area contributed by atoms with Crippen molar-refractivity contribution in [2.24, 2.45) is 4.99 Å². The predicted molar refractivity (Wildman–Crippen MR) is 77.0 cm³/mol. The average Bonchev–Trinajstić information content (AvgIpc) is 2.15. The number of rotatable bonds is 2. The van der Waals surface area contributed by atoms with Crippen molar-refractivity contribution in [1.82, 2.24) is 5.32 Å². The molecule has 0 saturated heterocycles. The number of thioether (sulfide) groups is 1. The van der Waals surface area contributed by atoms with Gasteiger partial charge in [0.1, 0.15) is 0 Å². The zero-order chi connectivity index (χ0) is 10.7. The molecule has 0 aromatic carbocycles. The van der Waals surface area contributed by atoms with Crippen LogP contribution >= 0.6 is 35.7 Å². The van der Waals surface area contributed by atoms with Gasteiger partial charge in [0.15, 0.2) is 11.0 Å². The minimum atomic E-state index is 0. The molecule has 0 bridgehead atoms. The van der Waals surface area contributed by atoms with Crippen molar-refractivity contribution in [2.75, 3.05) is 6.26 Å². The van der Waals surface area contributed by atoms with E-state index in [2.05, 4.69) is 10.3 Å². The van der Waals surface area contributed by atoms with Crippen molar-refractivity contribution in [3.63, 3.8) is 0 Å². The molecule has 0 fully saturated rings. The van der Waals surface area contributed by atoms with E-state index in [9.17, 15) is 4.79 Å². The summed E-state index contributed by atoms with van der Waals surface area (Å²) < 4.78 is 0. The molecule has 3 nitrogen and oxygen atoms in total. The Morgan fingerprint density at radius 1 is 1.60 bits per heavy atom. The molecule has 1 rings (SSSR count). The second kappa shape index (κ2) is 6.52. The van der Waals surface area contributed by atoms with Crippen LogP contribution < -0.4 is 5.32 Å². The van der Waals surface area contributed by atoms with Crippen LogP contribution in [0, 0.1) is 0 Å². The minimum absolute atomic E-state index is 0. The molecule has 1 N–H and O–H groups in total. The number of carbonyl (C=O) groups is 1. The largest absolute Gasteiger partial charge is 0.338 e. The van der Waals surface area contributed by atoms with Gasteiger partial charge in [0, 0.05) is 11.3 Å². The highest BCUT2D eigenvalue weighted by atomic mass is 127. The topological polar surface area (TPSA) is 41.5 Å². The molecular weight excluding hydrogens is 323 g/mol. The van der Waals surface area contributed by atoms with Gasteiger partial charge in [-0.25, -0.2) is 0 Å². The van der Waals surface area contributed by atoms with E-state index < -0.39 is 0 Å². The second-order valence-corrected chi connectivity index (χ2v) is 4.08. The van der Waals surface area contributed by atoms with Gasteiger partial charge < -0.3 is 5.32 Å². The van der Waals surface area contributed by atoms with Crippen LogP contribution in [0.25, 0.3) is 0 Å². The van der Waals surface area contributed by atoms with Gasteiger partial charge in [-0.05, 0) is 26.5 Å². The standard InChI is InChI=1S/C10H16N2OS.HI/c1-5-8-9(7(3)13)6(2)11-10(12-8)14-4;/h8H,5H2,1-4H3,(H,11,12);1H. The maximum atomic E-state index is 11.4. The normalized spacial score (nSPS) is 20.3. The lowest BCUT2D eigenvalue weighted by Gasteiger charge is -2.23. The molecule has 5 heteroatoms. The van der Waals surface area contributed by atoms with Crippen LogP contribution in [0.4, 0.5) is 0 Å². The van der Waals surface area contributed by atoms with Gasteiger partial charge in [0.05, 0.1) is 6.04 Å². The molecule has 1 unspecified atom stereocenters. The molecule has 1 atom stereocenters. The molecule has 0 radical (unpaired) electrons. The van der Waals surface area contributed by atoms with E-state index in [1.165, 1.54) is 0 Å². The molecule has 15 heavy (non-hydrogen) atoms. The average molecular weight is 340 g/mol. The molecular formula is C10H17IN2OS. The number of hydrogen-bond donors (Lipinski definition) is 1. The van der Waals surface area contributed by atoms with Crippen LogP contribution in [-0.4, -0.2) is 23.2 Å². The fourth-order valence-corrected chi connectivity index (χ4v) is 2.10. The fraction of sp³-hybridized carbons (Fsp3) is 0.600.